The van der Waals surface area contributed by atoms with E-state index in [1.54, 1.807) is 13.8 Å². The number of likely N-dealkylation sites (tertiary alicyclic amines) is 2. The molecule has 2 aliphatic rings. The molecular formula is C22H32N2O3. The van der Waals surface area contributed by atoms with E-state index in [-0.39, 0.29) is 11.8 Å². The summed E-state index contributed by atoms with van der Waals surface area (Å²) in [5.74, 6) is 0.721. The second-order valence-corrected chi connectivity index (χ2v) is 8.72. The summed E-state index contributed by atoms with van der Waals surface area (Å²) in [6.45, 7) is 6.79. The van der Waals surface area contributed by atoms with Gasteiger partial charge in [0, 0.05) is 38.2 Å². The molecule has 1 atom stereocenters. The standard InChI is InChI=1S/C22H32N2O3/c1-22(2,27)11-10-17-6-3-8-19(14-17)21(26)24-13-4-7-18(16-24)15-23-12-5-9-20(23)25/h3,6,8,14,18,27H,4-5,7,9-13,15-16H2,1-2H3. The summed E-state index contributed by atoms with van der Waals surface area (Å²) in [6.07, 6.45) is 5.14. The second-order valence-electron chi connectivity index (χ2n) is 8.72. The maximum absolute atomic E-state index is 13.0. The van der Waals surface area contributed by atoms with Gasteiger partial charge < -0.3 is 14.9 Å². The fourth-order valence-corrected chi connectivity index (χ4v) is 4.10. The highest BCUT2D eigenvalue weighted by Crippen LogP contribution is 2.22. The van der Waals surface area contributed by atoms with E-state index in [4.69, 9.17) is 0 Å². The number of aryl methyl sites for hydroxylation is 1. The number of piperidine rings is 1. The van der Waals surface area contributed by atoms with Crippen molar-refractivity contribution in [1.29, 1.82) is 0 Å². The van der Waals surface area contributed by atoms with Crippen LogP contribution in [0.15, 0.2) is 24.3 Å². The Morgan fingerprint density at radius 1 is 1.26 bits per heavy atom. The van der Waals surface area contributed by atoms with Gasteiger partial charge in [0.1, 0.15) is 0 Å². The predicted molar refractivity (Wildman–Crippen MR) is 106 cm³/mol. The minimum absolute atomic E-state index is 0.0811. The highest BCUT2D eigenvalue weighted by molar-refractivity contribution is 5.94. The highest BCUT2D eigenvalue weighted by Gasteiger charge is 2.29. The van der Waals surface area contributed by atoms with E-state index < -0.39 is 5.60 Å². The van der Waals surface area contributed by atoms with Gasteiger partial charge in [0.25, 0.3) is 5.91 Å². The molecule has 1 N–H and O–H groups in total. The van der Waals surface area contributed by atoms with E-state index in [9.17, 15) is 14.7 Å². The Balaban J connectivity index is 1.60. The van der Waals surface area contributed by atoms with Crippen molar-refractivity contribution in [2.45, 2.75) is 58.0 Å². The van der Waals surface area contributed by atoms with Crippen LogP contribution in [0.4, 0.5) is 0 Å². The summed E-state index contributed by atoms with van der Waals surface area (Å²) in [6, 6.07) is 7.78. The van der Waals surface area contributed by atoms with Crippen molar-refractivity contribution in [3.05, 3.63) is 35.4 Å². The molecule has 0 spiro atoms. The van der Waals surface area contributed by atoms with Gasteiger partial charge >= 0.3 is 0 Å². The fraction of sp³-hybridized carbons (Fsp3) is 0.636. The van der Waals surface area contributed by atoms with E-state index in [2.05, 4.69) is 0 Å². The molecule has 5 nitrogen and oxygen atoms in total. The molecule has 0 aromatic heterocycles. The van der Waals surface area contributed by atoms with Crippen LogP contribution < -0.4 is 0 Å². The molecule has 2 aliphatic heterocycles. The summed E-state index contributed by atoms with van der Waals surface area (Å²) in [5, 5.41) is 9.92. The van der Waals surface area contributed by atoms with Gasteiger partial charge in [-0.2, -0.15) is 0 Å². The maximum atomic E-state index is 13.0. The molecular weight excluding hydrogens is 340 g/mol. The summed E-state index contributed by atoms with van der Waals surface area (Å²) >= 11 is 0. The first-order valence-electron chi connectivity index (χ1n) is 10.2. The number of benzene rings is 1. The van der Waals surface area contributed by atoms with Crippen molar-refractivity contribution in [2.24, 2.45) is 5.92 Å². The van der Waals surface area contributed by atoms with Crippen molar-refractivity contribution in [2.75, 3.05) is 26.2 Å². The van der Waals surface area contributed by atoms with Gasteiger partial charge in [-0.25, -0.2) is 0 Å². The van der Waals surface area contributed by atoms with Gasteiger partial charge in [-0.05, 0) is 69.6 Å². The monoisotopic (exact) mass is 372 g/mol. The number of rotatable bonds is 6. The predicted octanol–water partition coefficient (Wildman–Crippen LogP) is 2.86. The minimum Gasteiger partial charge on any atom is -0.390 e. The number of amides is 2. The lowest BCUT2D eigenvalue weighted by atomic mass is 9.95. The molecule has 148 valence electrons. The zero-order valence-corrected chi connectivity index (χ0v) is 16.6. The summed E-state index contributed by atoms with van der Waals surface area (Å²) < 4.78 is 0. The summed E-state index contributed by atoms with van der Waals surface area (Å²) in [5.41, 5.74) is 1.10. The number of hydrogen-bond acceptors (Lipinski definition) is 3. The first kappa shape index (κ1) is 19.9. The molecule has 0 aliphatic carbocycles. The molecule has 0 saturated carbocycles. The Kier molecular flexibility index (Phi) is 6.20. The first-order valence-corrected chi connectivity index (χ1v) is 10.2. The van der Waals surface area contributed by atoms with Crippen molar-refractivity contribution >= 4 is 11.8 Å². The number of carbonyl (C=O) groups is 2. The Bertz CT molecular complexity index is 680. The largest absolute Gasteiger partial charge is 0.390 e. The van der Waals surface area contributed by atoms with Crippen LogP contribution in [0.5, 0.6) is 0 Å². The number of carbonyl (C=O) groups excluding carboxylic acids is 2. The van der Waals surface area contributed by atoms with Gasteiger partial charge in [-0.3, -0.25) is 9.59 Å². The van der Waals surface area contributed by atoms with Gasteiger partial charge in [0.15, 0.2) is 0 Å². The molecule has 2 heterocycles. The Morgan fingerprint density at radius 3 is 2.78 bits per heavy atom. The molecule has 1 aromatic rings. The molecule has 2 amide bonds. The van der Waals surface area contributed by atoms with E-state index in [1.165, 1.54) is 0 Å². The van der Waals surface area contributed by atoms with Crippen LogP contribution in [-0.4, -0.2) is 58.5 Å². The normalized spacial score (nSPS) is 21.0. The molecule has 0 radical (unpaired) electrons. The topological polar surface area (TPSA) is 60.9 Å². The zero-order chi connectivity index (χ0) is 19.4. The zero-order valence-electron chi connectivity index (χ0n) is 16.6. The molecule has 2 saturated heterocycles. The van der Waals surface area contributed by atoms with Crippen LogP contribution in [0.1, 0.15) is 61.9 Å². The van der Waals surface area contributed by atoms with Gasteiger partial charge in [-0.1, -0.05) is 12.1 Å². The first-order chi connectivity index (χ1) is 12.8. The second kappa shape index (κ2) is 8.42. The van der Waals surface area contributed by atoms with Crippen LogP contribution in [-0.2, 0) is 11.2 Å². The maximum Gasteiger partial charge on any atom is 0.253 e. The molecule has 3 rings (SSSR count). The lowest BCUT2D eigenvalue weighted by Crippen LogP contribution is -2.44. The Hall–Kier alpha value is -1.88. The third-order valence-electron chi connectivity index (χ3n) is 5.66. The van der Waals surface area contributed by atoms with Crippen LogP contribution in [0, 0.1) is 5.92 Å². The average molecular weight is 373 g/mol. The van der Waals surface area contributed by atoms with Gasteiger partial charge in [0.05, 0.1) is 5.60 Å². The quantitative estimate of drug-likeness (QED) is 0.835. The lowest BCUT2D eigenvalue weighted by molar-refractivity contribution is -0.128. The van der Waals surface area contributed by atoms with Crippen molar-refractivity contribution in [3.63, 3.8) is 0 Å². The fourth-order valence-electron chi connectivity index (χ4n) is 4.10. The Labute approximate surface area is 162 Å². The van der Waals surface area contributed by atoms with Gasteiger partial charge in [-0.15, -0.1) is 0 Å². The highest BCUT2D eigenvalue weighted by atomic mass is 16.3. The molecule has 5 heteroatoms. The molecule has 1 unspecified atom stereocenters. The van der Waals surface area contributed by atoms with E-state index in [0.29, 0.717) is 18.8 Å². The van der Waals surface area contributed by atoms with Crippen LogP contribution in [0.25, 0.3) is 0 Å². The minimum atomic E-state index is -0.701. The molecule has 2 fully saturated rings. The summed E-state index contributed by atoms with van der Waals surface area (Å²) in [7, 11) is 0. The van der Waals surface area contributed by atoms with Crippen molar-refractivity contribution < 1.29 is 14.7 Å². The number of aliphatic hydroxyl groups is 1. The number of nitrogens with zero attached hydrogens (tertiary/aromatic N) is 2. The molecule has 0 bridgehead atoms. The lowest BCUT2D eigenvalue weighted by Gasteiger charge is -2.34. The van der Waals surface area contributed by atoms with Crippen LogP contribution >= 0.6 is 0 Å². The Morgan fingerprint density at radius 2 is 2.07 bits per heavy atom. The van der Waals surface area contributed by atoms with Crippen molar-refractivity contribution in [1.82, 2.24) is 9.80 Å². The van der Waals surface area contributed by atoms with E-state index >= 15 is 0 Å². The van der Waals surface area contributed by atoms with Crippen LogP contribution in [0.3, 0.4) is 0 Å². The van der Waals surface area contributed by atoms with E-state index in [1.807, 2.05) is 34.1 Å². The van der Waals surface area contributed by atoms with Crippen LogP contribution in [0.2, 0.25) is 0 Å². The third-order valence-corrected chi connectivity index (χ3v) is 5.66. The van der Waals surface area contributed by atoms with E-state index in [0.717, 1.165) is 63.0 Å². The third kappa shape index (κ3) is 5.55. The molecule has 27 heavy (non-hydrogen) atoms. The van der Waals surface area contributed by atoms with Crippen molar-refractivity contribution in [3.8, 4) is 0 Å². The van der Waals surface area contributed by atoms with Gasteiger partial charge in [0.2, 0.25) is 5.91 Å². The SMILES string of the molecule is CC(C)(O)CCc1cccc(C(=O)N2CCCC(CN3CCCC3=O)C2)c1. The molecule has 1 aromatic carbocycles. The summed E-state index contributed by atoms with van der Waals surface area (Å²) in [4.78, 5) is 28.8. The number of hydrogen-bond donors (Lipinski definition) is 1. The smallest absolute Gasteiger partial charge is 0.253 e. The average Bonchev–Trinajstić information content (AvgIpc) is 3.04.